The zero-order valence-corrected chi connectivity index (χ0v) is 10.5. The van der Waals surface area contributed by atoms with Crippen LogP contribution in [0.25, 0.3) is 0 Å². The van der Waals surface area contributed by atoms with E-state index in [0.29, 0.717) is 23.8 Å². The van der Waals surface area contributed by atoms with Gasteiger partial charge in [-0.2, -0.15) is 0 Å². The normalized spacial score (nSPS) is 20.8. The number of rotatable bonds is 1. The molecular weight excluding hydrogens is 230 g/mol. The van der Waals surface area contributed by atoms with Crippen LogP contribution in [0.1, 0.15) is 25.7 Å². The molecule has 0 bridgehead atoms. The summed E-state index contributed by atoms with van der Waals surface area (Å²) in [7, 11) is 1.61. The van der Waals surface area contributed by atoms with Gasteiger partial charge in [-0.05, 0) is 25.0 Å². The minimum atomic E-state index is -0.343. The lowest BCUT2D eigenvalue weighted by Gasteiger charge is -2.23. The molecule has 18 heavy (non-hydrogen) atoms. The summed E-state index contributed by atoms with van der Waals surface area (Å²) in [5.41, 5.74) is 0.368. The first-order valence-electron chi connectivity index (χ1n) is 6.36. The van der Waals surface area contributed by atoms with Gasteiger partial charge in [0.25, 0.3) is 0 Å². The van der Waals surface area contributed by atoms with Crippen LogP contribution in [0.2, 0.25) is 0 Å². The van der Waals surface area contributed by atoms with E-state index in [-0.39, 0.29) is 11.3 Å². The third-order valence-electron chi connectivity index (χ3n) is 3.98. The molecule has 0 atom stereocenters. The maximum atomic E-state index is 12.4. The highest BCUT2D eigenvalue weighted by Crippen LogP contribution is 2.45. The Kier molecular flexibility index (Phi) is 2.65. The Morgan fingerprint density at radius 3 is 2.83 bits per heavy atom. The summed E-state index contributed by atoms with van der Waals surface area (Å²) in [6.07, 6.45) is 4.03. The van der Waals surface area contributed by atoms with Crippen LogP contribution >= 0.6 is 0 Å². The van der Waals surface area contributed by atoms with Crippen LogP contribution in [0, 0.1) is 5.41 Å². The minimum Gasteiger partial charge on any atom is -0.493 e. The van der Waals surface area contributed by atoms with Gasteiger partial charge in [0.1, 0.15) is 6.61 Å². The number of amides is 1. The number of hydrogen-bond acceptors (Lipinski definition) is 3. The first-order valence-corrected chi connectivity index (χ1v) is 6.36. The van der Waals surface area contributed by atoms with E-state index in [4.69, 9.17) is 9.47 Å². The molecule has 4 heteroatoms. The first-order chi connectivity index (χ1) is 8.75. The molecule has 1 fully saturated rings. The molecule has 0 unspecified atom stereocenters. The molecule has 1 aliphatic carbocycles. The van der Waals surface area contributed by atoms with Crippen LogP contribution in [0.4, 0.5) is 5.69 Å². The van der Waals surface area contributed by atoms with Crippen LogP contribution in [-0.4, -0.2) is 19.6 Å². The molecule has 3 rings (SSSR count). The van der Waals surface area contributed by atoms with Gasteiger partial charge < -0.3 is 14.8 Å². The molecule has 1 aliphatic heterocycles. The van der Waals surface area contributed by atoms with E-state index in [1.54, 1.807) is 7.11 Å². The van der Waals surface area contributed by atoms with Gasteiger partial charge in [-0.15, -0.1) is 0 Å². The van der Waals surface area contributed by atoms with Gasteiger partial charge >= 0.3 is 0 Å². The zero-order valence-electron chi connectivity index (χ0n) is 10.5. The smallest absolute Gasteiger partial charge is 0.234 e. The molecule has 0 saturated heterocycles. The third kappa shape index (κ3) is 1.64. The Labute approximate surface area is 106 Å². The monoisotopic (exact) mass is 247 g/mol. The molecule has 1 aromatic rings. The molecule has 0 aromatic heterocycles. The standard InChI is InChI=1S/C14H17NO3/c1-17-11-6-4-5-10-12(11)18-9-14(13(16)15-10)7-2-3-8-14/h4-6H,2-3,7-9H2,1H3,(H,15,16). The van der Waals surface area contributed by atoms with Crippen molar-refractivity contribution in [3.63, 3.8) is 0 Å². The van der Waals surface area contributed by atoms with Crippen molar-refractivity contribution in [2.24, 2.45) is 5.41 Å². The third-order valence-corrected chi connectivity index (χ3v) is 3.98. The van der Waals surface area contributed by atoms with Crippen molar-refractivity contribution in [3.8, 4) is 11.5 Å². The maximum Gasteiger partial charge on any atom is 0.234 e. The van der Waals surface area contributed by atoms with Crippen molar-refractivity contribution >= 4 is 11.6 Å². The molecule has 2 aliphatic rings. The van der Waals surface area contributed by atoms with E-state index in [1.165, 1.54) is 0 Å². The maximum absolute atomic E-state index is 12.4. The largest absolute Gasteiger partial charge is 0.493 e. The van der Waals surface area contributed by atoms with Crippen LogP contribution in [0.3, 0.4) is 0 Å². The summed E-state index contributed by atoms with van der Waals surface area (Å²) in [6, 6.07) is 5.55. The quantitative estimate of drug-likeness (QED) is 0.829. The summed E-state index contributed by atoms with van der Waals surface area (Å²) in [5, 5.41) is 2.99. The Balaban J connectivity index is 1.98. The number of anilines is 1. The van der Waals surface area contributed by atoms with Crippen molar-refractivity contribution in [1.82, 2.24) is 0 Å². The average molecular weight is 247 g/mol. The number of nitrogens with one attached hydrogen (secondary N) is 1. The molecule has 96 valence electrons. The van der Waals surface area contributed by atoms with E-state index in [9.17, 15) is 4.79 Å². The molecule has 4 nitrogen and oxygen atoms in total. The SMILES string of the molecule is COc1cccc2c1OCC1(CCCC1)C(=O)N2. The Hall–Kier alpha value is -1.71. The topological polar surface area (TPSA) is 47.6 Å². The van der Waals surface area contributed by atoms with Gasteiger partial charge in [-0.3, -0.25) is 4.79 Å². The average Bonchev–Trinajstić information content (AvgIpc) is 2.81. The van der Waals surface area contributed by atoms with Crippen molar-refractivity contribution in [2.45, 2.75) is 25.7 Å². The van der Waals surface area contributed by atoms with Gasteiger partial charge in [0.2, 0.25) is 5.91 Å². The predicted molar refractivity (Wildman–Crippen MR) is 68.0 cm³/mol. The Bertz CT molecular complexity index is 478. The zero-order chi connectivity index (χ0) is 12.6. The van der Waals surface area contributed by atoms with Crippen molar-refractivity contribution in [2.75, 3.05) is 19.0 Å². The predicted octanol–water partition coefficient (Wildman–Crippen LogP) is 2.59. The van der Waals surface area contributed by atoms with E-state index in [0.717, 1.165) is 25.7 Å². The minimum absolute atomic E-state index is 0.0898. The van der Waals surface area contributed by atoms with E-state index >= 15 is 0 Å². The number of ether oxygens (including phenoxy) is 2. The molecule has 1 amide bonds. The highest BCUT2D eigenvalue weighted by atomic mass is 16.5. The number of carbonyl (C=O) groups is 1. The lowest BCUT2D eigenvalue weighted by molar-refractivity contribution is -0.126. The second-order valence-electron chi connectivity index (χ2n) is 5.07. The van der Waals surface area contributed by atoms with Crippen LogP contribution in [-0.2, 0) is 4.79 Å². The Morgan fingerprint density at radius 2 is 2.11 bits per heavy atom. The van der Waals surface area contributed by atoms with Crippen LogP contribution in [0.5, 0.6) is 11.5 Å². The van der Waals surface area contributed by atoms with E-state index in [1.807, 2.05) is 18.2 Å². The van der Waals surface area contributed by atoms with Crippen molar-refractivity contribution in [1.29, 1.82) is 0 Å². The molecular formula is C14H17NO3. The van der Waals surface area contributed by atoms with Gasteiger partial charge in [-0.1, -0.05) is 18.9 Å². The van der Waals surface area contributed by atoms with Gasteiger partial charge in [0.05, 0.1) is 18.2 Å². The molecule has 0 radical (unpaired) electrons. The van der Waals surface area contributed by atoms with Gasteiger partial charge in [-0.25, -0.2) is 0 Å². The summed E-state index contributed by atoms with van der Waals surface area (Å²) in [5.74, 6) is 1.41. The molecule has 1 N–H and O–H groups in total. The van der Waals surface area contributed by atoms with Gasteiger partial charge in [0.15, 0.2) is 11.5 Å². The summed E-state index contributed by atoms with van der Waals surface area (Å²) >= 11 is 0. The number of fused-ring (bicyclic) bond motifs is 1. The molecule has 1 spiro atoms. The fourth-order valence-electron chi connectivity index (χ4n) is 2.88. The number of hydrogen-bond donors (Lipinski definition) is 1. The number of carbonyl (C=O) groups excluding carboxylic acids is 1. The van der Waals surface area contributed by atoms with Crippen molar-refractivity contribution in [3.05, 3.63) is 18.2 Å². The lowest BCUT2D eigenvalue weighted by Crippen LogP contribution is -2.37. The van der Waals surface area contributed by atoms with E-state index < -0.39 is 0 Å². The number of para-hydroxylation sites is 1. The highest BCUT2D eigenvalue weighted by molar-refractivity contribution is 5.98. The molecule has 1 heterocycles. The lowest BCUT2D eigenvalue weighted by atomic mass is 9.86. The van der Waals surface area contributed by atoms with Gasteiger partial charge in [0, 0.05) is 0 Å². The second kappa shape index (κ2) is 4.19. The fraction of sp³-hybridized carbons (Fsp3) is 0.500. The number of methoxy groups -OCH3 is 1. The Morgan fingerprint density at radius 1 is 1.33 bits per heavy atom. The second-order valence-corrected chi connectivity index (χ2v) is 5.07. The van der Waals surface area contributed by atoms with E-state index in [2.05, 4.69) is 5.32 Å². The molecule has 1 aromatic carbocycles. The van der Waals surface area contributed by atoms with Crippen LogP contribution < -0.4 is 14.8 Å². The first kappa shape index (κ1) is 11.4. The van der Waals surface area contributed by atoms with Crippen LogP contribution in [0.15, 0.2) is 18.2 Å². The number of benzene rings is 1. The highest BCUT2D eigenvalue weighted by Gasteiger charge is 2.44. The molecule has 1 saturated carbocycles. The summed E-state index contributed by atoms with van der Waals surface area (Å²) in [4.78, 5) is 12.4. The van der Waals surface area contributed by atoms with Crippen molar-refractivity contribution < 1.29 is 14.3 Å². The fourth-order valence-corrected chi connectivity index (χ4v) is 2.88. The summed E-state index contributed by atoms with van der Waals surface area (Å²) in [6.45, 7) is 0.451. The summed E-state index contributed by atoms with van der Waals surface area (Å²) < 4.78 is 11.1.